The SMILES string of the molecule is CN(CC(=O)Nc1ccccc1Cl)C(=O)C12CC3CC(C1)CC(c1ccccc1)(C3)C2. The predicted octanol–water partition coefficient (Wildman–Crippen LogP) is 5.28. The third-order valence-corrected chi connectivity index (χ3v) is 8.11. The highest BCUT2D eigenvalue weighted by molar-refractivity contribution is 6.33. The van der Waals surface area contributed by atoms with Crippen LogP contribution >= 0.6 is 11.6 Å². The normalized spacial score (nSPS) is 30.8. The molecule has 0 aliphatic heterocycles. The summed E-state index contributed by atoms with van der Waals surface area (Å²) in [4.78, 5) is 28.0. The van der Waals surface area contributed by atoms with Gasteiger partial charge in [-0.25, -0.2) is 0 Å². The summed E-state index contributed by atoms with van der Waals surface area (Å²) in [5.41, 5.74) is 1.74. The van der Waals surface area contributed by atoms with Crippen molar-refractivity contribution in [1.29, 1.82) is 0 Å². The number of hydrogen-bond acceptors (Lipinski definition) is 2. The quantitative estimate of drug-likeness (QED) is 0.693. The molecular weight excluding hydrogens is 408 g/mol. The van der Waals surface area contributed by atoms with Gasteiger partial charge >= 0.3 is 0 Å². The lowest BCUT2D eigenvalue weighted by molar-refractivity contribution is -0.159. The van der Waals surface area contributed by atoms with Crippen molar-refractivity contribution in [3.63, 3.8) is 0 Å². The van der Waals surface area contributed by atoms with Gasteiger partial charge in [0.2, 0.25) is 11.8 Å². The molecule has 0 heterocycles. The van der Waals surface area contributed by atoms with Crippen LogP contribution in [0.25, 0.3) is 0 Å². The second-order valence-corrected chi connectivity index (χ2v) is 10.5. The van der Waals surface area contributed by atoms with Gasteiger partial charge in [0.1, 0.15) is 0 Å². The molecule has 4 fully saturated rings. The van der Waals surface area contributed by atoms with Crippen molar-refractivity contribution in [2.24, 2.45) is 17.3 Å². The first-order chi connectivity index (χ1) is 14.9. The van der Waals surface area contributed by atoms with Gasteiger partial charge in [0.15, 0.2) is 0 Å². The van der Waals surface area contributed by atoms with Crippen LogP contribution in [-0.4, -0.2) is 30.3 Å². The van der Waals surface area contributed by atoms with Gasteiger partial charge in [0.25, 0.3) is 0 Å². The highest BCUT2D eigenvalue weighted by atomic mass is 35.5. The molecule has 162 valence electrons. The third kappa shape index (κ3) is 3.65. The van der Waals surface area contributed by atoms with Crippen LogP contribution in [0.5, 0.6) is 0 Å². The average Bonchev–Trinajstić information content (AvgIpc) is 2.74. The first kappa shape index (κ1) is 20.6. The number of carbonyl (C=O) groups is 2. The van der Waals surface area contributed by atoms with Crippen molar-refractivity contribution in [1.82, 2.24) is 4.90 Å². The molecule has 4 aliphatic rings. The van der Waals surface area contributed by atoms with Gasteiger partial charge in [0, 0.05) is 7.05 Å². The Morgan fingerprint density at radius 2 is 1.65 bits per heavy atom. The van der Waals surface area contributed by atoms with Crippen LogP contribution in [-0.2, 0) is 15.0 Å². The van der Waals surface area contributed by atoms with Crippen molar-refractivity contribution in [3.05, 3.63) is 65.2 Å². The van der Waals surface area contributed by atoms with Crippen LogP contribution in [0, 0.1) is 17.3 Å². The number of benzene rings is 2. The molecule has 4 nitrogen and oxygen atoms in total. The number of nitrogens with zero attached hydrogens (tertiary/aromatic N) is 1. The molecule has 0 aromatic heterocycles. The number of likely N-dealkylation sites (N-methyl/N-ethyl adjacent to an activating group) is 1. The Morgan fingerprint density at radius 1 is 1.00 bits per heavy atom. The second-order valence-electron chi connectivity index (χ2n) is 10.1. The highest BCUT2D eigenvalue weighted by Gasteiger charge is 2.61. The van der Waals surface area contributed by atoms with Crippen LogP contribution < -0.4 is 5.32 Å². The minimum atomic E-state index is -0.334. The molecule has 1 N–H and O–H groups in total. The zero-order chi connectivity index (χ0) is 21.6. The van der Waals surface area contributed by atoms with Gasteiger partial charge < -0.3 is 10.2 Å². The first-order valence-corrected chi connectivity index (χ1v) is 11.6. The van der Waals surface area contributed by atoms with Gasteiger partial charge in [-0.15, -0.1) is 0 Å². The molecule has 0 saturated heterocycles. The fourth-order valence-electron chi connectivity index (χ4n) is 7.09. The summed E-state index contributed by atoms with van der Waals surface area (Å²) in [6, 6.07) is 17.9. The lowest BCUT2D eigenvalue weighted by Crippen LogP contribution is -2.59. The summed E-state index contributed by atoms with van der Waals surface area (Å²) in [7, 11) is 1.77. The largest absolute Gasteiger partial charge is 0.336 e. The first-order valence-electron chi connectivity index (χ1n) is 11.2. The number of halogens is 1. The summed E-state index contributed by atoms with van der Waals surface area (Å²) in [5, 5.41) is 3.33. The number of anilines is 1. The van der Waals surface area contributed by atoms with Crippen LogP contribution in [0.2, 0.25) is 5.02 Å². The molecule has 4 saturated carbocycles. The topological polar surface area (TPSA) is 49.4 Å². The molecule has 0 spiro atoms. The van der Waals surface area contributed by atoms with E-state index in [2.05, 4.69) is 35.6 Å². The number of carbonyl (C=O) groups excluding carboxylic acids is 2. The third-order valence-electron chi connectivity index (χ3n) is 7.78. The second kappa shape index (κ2) is 7.67. The zero-order valence-corrected chi connectivity index (χ0v) is 18.7. The Kier molecular flexibility index (Phi) is 5.09. The van der Waals surface area contributed by atoms with Gasteiger partial charge in [-0.1, -0.05) is 54.1 Å². The Hall–Kier alpha value is -2.33. The lowest BCUT2D eigenvalue weighted by atomic mass is 9.42. The molecule has 5 heteroatoms. The molecule has 4 aliphatic carbocycles. The minimum Gasteiger partial charge on any atom is -0.336 e. The van der Waals surface area contributed by atoms with Gasteiger partial charge in [0.05, 0.1) is 22.7 Å². The maximum absolute atomic E-state index is 13.7. The van der Waals surface area contributed by atoms with Crippen LogP contribution in [0.4, 0.5) is 5.69 Å². The number of hydrogen-bond donors (Lipinski definition) is 1. The van der Waals surface area contributed by atoms with Crippen LogP contribution in [0.3, 0.4) is 0 Å². The molecule has 2 atom stereocenters. The van der Waals surface area contributed by atoms with Crippen LogP contribution in [0.1, 0.15) is 44.1 Å². The maximum atomic E-state index is 13.7. The smallest absolute Gasteiger partial charge is 0.244 e. The Balaban J connectivity index is 1.34. The van der Waals surface area contributed by atoms with E-state index < -0.39 is 0 Å². The Bertz CT molecular complexity index is 991. The summed E-state index contributed by atoms with van der Waals surface area (Å²) >= 11 is 6.16. The Morgan fingerprint density at radius 3 is 2.32 bits per heavy atom. The van der Waals surface area contributed by atoms with Crippen molar-refractivity contribution in [3.8, 4) is 0 Å². The number of para-hydroxylation sites is 1. The van der Waals surface area contributed by atoms with E-state index in [0.717, 1.165) is 19.3 Å². The fourth-order valence-corrected chi connectivity index (χ4v) is 7.27. The molecule has 2 unspecified atom stereocenters. The van der Waals surface area contributed by atoms with Crippen molar-refractivity contribution < 1.29 is 9.59 Å². The highest BCUT2D eigenvalue weighted by Crippen LogP contribution is 2.66. The summed E-state index contributed by atoms with van der Waals surface area (Å²) in [6.45, 7) is 0.0411. The number of amides is 2. The number of rotatable bonds is 5. The van der Waals surface area contributed by atoms with Crippen LogP contribution in [0.15, 0.2) is 54.6 Å². The zero-order valence-electron chi connectivity index (χ0n) is 17.9. The molecule has 2 amide bonds. The number of nitrogens with one attached hydrogen (secondary N) is 1. The van der Waals surface area contributed by atoms with E-state index in [1.807, 2.05) is 12.1 Å². The van der Waals surface area contributed by atoms with Gasteiger partial charge in [-0.3, -0.25) is 9.59 Å². The molecule has 0 radical (unpaired) electrons. The maximum Gasteiger partial charge on any atom is 0.244 e. The van der Waals surface area contributed by atoms with E-state index in [4.69, 9.17) is 11.6 Å². The molecule has 31 heavy (non-hydrogen) atoms. The average molecular weight is 437 g/mol. The van der Waals surface area contributed by atoms with Crippen molar-refractivity contribution >= 4 is 29.1 Å². The monoisotopic (exact) mass is 436 g/mol. The van der Waals surface area contributed by atoms with E-state index in [0.29, 0.717) is 22.5 Å². The minimum absolute atomic E-state index is 0.0411. The fraction of sp³-hybridized carbons (Fsp3) is 0.462. The summed E-state index contributed by atoms with van der Waals surface area (Å²) in [6.07, 6.45) is 6.48. The molecule has 4 bridgehead atoms. The van der Waals surface area contributed by atoms with E-state index in [-0.39, 0.29) is 29.2 Å². The van der Waals surface area contributed by atoms with E-state index in [9.17, 15) is 9.59 Å². The van der Waals surface area contributed by atoms with E-state index in [1.165, 1.54) is 24.8 Å². The molecule has 2 aromatic rings. The van der Waals surface area contributed by atoms with Gasteiger partial charge in [-0.05, 0) is 73.5 Å². The molecular formula is C26H29ClN2O2. The lowest BCUT2D eigenvalue weighted by Gasteiger charge is -2.62. The Labute approximate surface area is 189 Å². The predicted molar refractivity (Wildman–Crippen MR) is 123 cm³/mol. The molecule has 6 rings (SSSR count). The summed E-state index contributed by atoms with van der Waals surface area (Å²) < 4.78 is 0. The molecule has 2 aromatic carbocycles. The van der Waals surface area contributed by atoms with Crippen molar-refractivity contribution in [2.45, 2.75) is 43.9 Å². The van der Waals surface area contributed by atoms with Gasteiger partial charge in [-0.2, -0.15) is 0 Å². The van der Waals surface area contributed by atoms with E-state index >= 15 is 0 Å². The standard InChI is InChI=1S/C26H29ClN2O2/c1-29(16-23(30)28-22-10-6-5-9-21(22)27)24(31)26-14-18-11-19(15-26)13-25(12-18,17-26)20-7-3-2-4-8-20/h2-10,18-19H,11-17H2,1H3,(H,28,30). The van der Waals surface area contributed by atoms with Crippen molar-refractivity contribution in [2.75, 3.05) is 18.9 Å². The van der Waals surface area contributed by atoms with E-state index in [1.54, 1.807) is 24.1 Å². The summed E-state index contributed by atoms with van der Waals surface area (Å²) in [5.74, 6) is 1.13.